The Bertz CT molecular complexity index is 1700. The van der Waals surface area contributed by atoms with Gasteiger partial charge < -0.3 is 10.3 Å². The normalized spacial score (nSPS) is 11.5. The second-order valence-electron chi connectivity index (χ2n) is 9.06. The van der Waals surface area contributed by atoms with Gasteiger partial charge in [0.05, 0.1) is 40.3 Å². The molecule has 0 fully saturated rings. The van der Waals surface area contributed by atoms with Gasteiger partial charge in [0.1, 0.15) is 5.69 Å². The summed E-state index contributed by atoms with van der Waals surface area (Å²) in [7, 11) is 0. The lowest BCUT2D eigenvalue weighted by Gasteiger charge is -2.08. The van der Waals surface area contributed by atoms with Crippen molar-refractivity contribution in [2.75, 3.05) is 5.32 Å². The maximum absolute atomic E-state index is 12.2. The molecule has 3 N–H and O–H groups in total. The van der Waals surface area contributed by atoms with Gasteiger partial charge in [0, 0.05) is 34.0 Å². The van der Waals surface area contributed by atoms with Crippen LogP contribution in [0.1, 0.15) is 20.3 Å². The van der Waals surface area contributed by atoms with Gasteiger partial charge in [-0.05, 0) is 35.6 Å². The lowest BCUT2D eigenvalue weighted by atomic mass is 10.1. The van der Waals surface area contributed by atoms with Gasteiger partial charge in [0.15, 0.2) is 5.82 Å². The highest BCUT2D eigenvalue weighted by molar-refractivity contribution is 7.13. The van der Waals surface area contributed by atoms with Gasteiger partial charge in [-0.3, -0.25) is 19.9 Å². The number of aromatic nitrogens is 6. The molecule has 178 valence electrons. The predicted molar refractivity (Wildman–Crippen MR) is 144 cm³/mol. The number of aromatic amines is 2. The topological polar surface area (TPSA) is 112 Å². The molecular formula is C27H23N7OS. The van der Waals surface area contributed by atoms with Crippen molar-refractivity contribution >= 4 is 44.9 Å². The smallest absolute Gasteiger partial charge is 0.224 e. The molecule has 0 aliphatic carbocycles. The fourth-order valence-corrected chi connectivity index (χ4v) is 5.01. The minimum absolute atomic E-state index is 0.0312. The molecule has 8 nitrogen and oxygen atoms in total. The molecule has 9 heteroatoms. The van der Waals surface area contributed by atoms with Crippen molar-refractivity contribution in [2.24, 2.45) is 5.92 Å². The lowest BCUT2D eigenvalue weighted by molar-refractivity contribution is -0.116. The van der Waals surface area contributed by atoms with E-state index in [4.69, 9.17) is 4.98 Å². The second kappa shape index (κ2) is 9.01. The van der Waals surface area contributed by atoms with E-state index in [1.807, 2.05) is 44.2 Å². The maximum atomic E-state index is 12.2. The van der Waals surface area contributed by atoms with Gasteiger partial charge in [0.25, 0.3) is 0 Å². The van der Waals surface area contributed by atoms with Crippen LogP contribution in [0.5, 0.6) is 0 Å². The number of hydrogen-bond acceptors (Lipinski definition) is 6. The Kier molecular flexibility index (Phi) is 5.54. The highest BCUT2D eigenvalue weighted by Crippen LogP contribution is 2.34. The van der Waals surface area contributed by atoms with Crippen LogP contribution in [0.25, 0.3) is 55.2 Å². The van der Waals surface area contributed by atoms with Gasteiger partial charge >= 0.3 is 0 Å². The van der Waals surface area contributed by atoms with Crippen molar-refractivity contribution in [1.82, 2.24) is 30.1 Å². The Hall–Kier alpha value is -4.37. The van der Waals surface area contributed by atoms with Gasteiger partial charge in [-0.1, -0.05) is 32.0 Å². The zero-order valence-electron chi connectivity index (χ0n) is 19.7. The summed E-state index contributed by atoms with van der Waals surface area (Å²) < 4.78 is 0. The minimum Gasteiger partial charge on any atom is -0.337 e. The molecule has 6 rings (SSSR count). The number of hydrogen-bond donors (Lipinski definition) is 3. The molecule has 5 heterocycles. The third kappa shape index (κ3) is 4.14. The number of anilines is 1. The first-order valence-electron chi connectivity index (χ1n) is 11.7. The SMILES string of the molecule is CC(C)CC(=O)Nc1cncc(-c2cc3c(-c4nc5c(-c6cccs6)cccc5[nH]4)n[nH]c3cn2)c1. The number of nitrogens with one attached hydrogen (secondary N) is 3. The van der Waals surface area contributed by atoms with Gasteiger partial charge in [0.2, 0.25) is 5.91 Å². The van der Waals surface area contributed by atoms with E-state index in [1.54, 1.807) is 29.9 Å². The van der Waals surface area contributed by atoms with E-state index in [1.165, 1.54) is 4.88 Å². The number of rotatable bonds is 6. The molecule has 0 aliphatic rings. The number of para-hydroxylation sites is 1. The molecule has 0 radical (unpaired) electrons. The summed E-state index contributed by atoms with van der Waals surface area (Å²) in [5.41, 5.74) is 6.66. The molecule has 0 saturated carbocycles. The van der Waals surface area contributed by atoms with Gasteiger partial charge in [-0.15, -0.1) is 11.3 Å². The lowest BCUT2D eigenvalue weighted by Crippen LogP contribution is -2.13. The van der Waals surface area contributed by atoms with Crippen LogP contribution in [0.4, 0.5) is 5.69 Å². The number of imidazole rings is 1. The molecule has 0 saturated heterocycles. The molecule has 36 heavy (non-hydrogen) atoms. The average Bonchev–Trinajstić information content (AvgIpc) is 3.62. The molecule has 0 atom stereocenters. The summed E-state index contributed by atoms with van der Waals surface area (Å²) in [5.74, 6) is 0.936. The number of thiophene rings is 1. The summed E-state index contributed by atoms with van der Waals surface area (Å²) in [4.78, 5) is 30.6. The summed E-state index contributed by atoms with van der Waals surface area (Å²) in [6, 6.07) is 14.1. The van der Waals surface area contributed by atoms with Gasteiger partial charge in [-0.25, -0.2) is 4.98 Å². The first kappa shape index (κ1) is 22.1. The highest BCUT2D eigenvalue weighted by atomic mass is 32.1. The molecule has 0 spiro atoms. The van der Waals surface area contributed by atoms with Crippen LogP contribution in [0.2, 0.25) is 0 Å². The standard InChI is InChI=1S/C27H23N7OS/c1-15(2)9-24(35)30-17-10-16(12-28-13-17)21-11-19-22(14-29-21)33-34-26(19)27-31-20-6-3-5-18(25(20)32-27)23-7-4-8-36-23/h3-8,10-15H,9H2,1-2H3,(H,30,35)(H,31,32)(H,33,34). The molecular weight excluding hydrogens is 470 g/mol. The number of benzene rings is 1. The van der Waals surface area contributed by atoms with Crippen LogP contribution in [0, 0.1) is 5.92 Å². The van der Waals surface area contributed by atoms with E-state index < -0.39 is 0 Å². The Labute approximate surface area is 210 Å². The van der Waals surface area contributed by atoms with E-state index in [2.05, 4.69) is 48.0 Å². The molecule has 0 bridgehead atoms. The number of carbonyl (C=O) groups is 1. The van der Waals surface area contributed by atoms with E-state index in [-0.39, 0.29) is 11.8 Å². The van der Waals surface area contributed by atoms with E-state index in [0.29, 0.717) is 17.9 Å². The fraction of sp³-hybridized carbons (Fsp3) is 0.148. The molecule has 0 aliphatic heterocycles. The van der Waals surface area contributed by atoms with Crippen molar-refractivity contribution < 1.29 is 4.79 Å². The monoisotopic (exact) mass is 493 g/mol. The summed E-state index contributed by atoms with van der Waals surface area (Å²) in [6.45, 7) is 4.03. The number of H-pyrrole nitrogens is 2. The molecule has 1 aromatic carbocycles. The number of pyridine rings is 2. The summed E-state index contributed by atoms with van der Waals surface area (Å²) in [6.07, 6.45) is 5.59. The van der Waals surface area contributed by atoms with Crippen LogP contribution in [0.15, 0.2) is 66.4 Å². The first-order valence-corrected chi connectivity index (χ1v) is 12.6. The van der Waals surface area contributed by atoms with E-state index >= 15 is 0 Å². The van der Waals surface area contributed by atoms with Crippen LogP contribution in [-0.4, -0.2) is 36.0 Å². The van der Waals surface area contributed by atoms with Gasteiger partial charge in [-0.2, -0.15) is 5.10 Å². The largest absolute Gasteiger partial charge is 0.337 e. The minimum atomic E-state index is -0.0312. The van der Waals surface area contributed by atoms with Crippen molar-refractivity contribution in [3.63, 3.8) is 0 Å². The molecule has 5 aromatic heterocycles. The Balaban J connectivity index is 1.38. The van der Waals surface area contributed by atoms with Crippen molar-refractivity contribution in [2.45, 2.75) is 20.3 Å². The van der Waals surface area contributed by atoms with Crippen molar-refractivity contribution in [3.05, 3.63) is 66.4 Å². The van der Waals surface area contributed by atoms with E-state index in [9.17, 15) is 4.79 Å². The van der Waals surface area contributed by atoms with E-state index in [0.717, 1.165) is 44.5 Å². The third-order valence-electron chi connectivity index (χ3n) is 5.88. The number of nitrogens with zero attached hydrogens (tertiary/aromatic N) is 4. The first-order chi connectivity index (χ1) is 17.5. The predicted octanol–water partition coefficient (Wildman–Crippen LogP) is 6.28. The Morgan fingerprint density at radius 1 is 1.08 bits per heavy atom. The number of carbonyl (C=O) groups excluding carboxylic acids is 1. The highest BCUT2D eigenvalue weighted by Gasteiger charge is 2.17. The zero-order valence-corrected chi connectivity index (χ0v) is 20.6. The number of amides is 1. The molecule has 6 aromatic rings. The molecule has 1 amide bonds. The Morgan fingerprint density at radius 3 is 2.83 bits per heavy atom. The van der Waals surface area contributed by atoms with Crippen LogP contribution in [0.3, 0.4) is 0 Å². The maximum Gasteiger partial charge on any atom is 0.224 e. The second-order valence-corrected chi connectivity index (χ2v) is 10.0. The fourth-order valence-electron chi connectivity index (χ4n) is 4.26. The Morgan fingerprint density at radius 2 is 2.00 bits per heavy atom. The zero-order chi connectivity index (χ0) is 24.6. The van der Waals surface area contributed by atoms with Crippen LogP contribution < -0.4 is 5.32 Å². The van der Waals surface area contributed by atoms with Crippen molar-refractivity contribution in [3.8, 4) is 33.2 Å². The van der Waals surface area contributed by atoms with Crippen LogP contribution >= 0.6 is 11.3 Å². The third-order valence-corrected chi connectivity index (χ3v) is 6.79. The summed E-state index contributed by atoms with van der Waals surface area (Å²) in [5, 5.41) is 13.5. The van der Waals surface area contributed by atoms with Crippen LogP contribution in [-0.2, 0) is 4.79 Å². The van der Waals surface area contributed by atoms with Crippen molar-refractivity contribution in [1.29, 1.82) is 0 Å². The molecule has 0 unspecified atom stereocenters. The quantitative estimate of drug-likeness (QED) is 0.253. The number of fused-ring (bicyclic) bond motifs is 2. The average molecular weight is 494 g/mol. The summed E-state index contributed by atoms with van der Waals surface area (Å²) >= 11 is 1.69.